The summed E-state index contributed by atoms with van der Waals surface area (Å²) in [5.74, 6) is -0.259. The molecule has 0 atom stereocenters. The molecular formula is C9H13NO2S. The Morgan fingerprint density at radius 3 is 3.08 bits per heavy atom. The van der Waals surface area contributed by atoms with Crippen LogP contribution in [0.4, 0.5) is 0 Å². The van der Waals surface area contributed by atoms with Gasteiger partial charge in [-0.25, -0.2) is 4.98 Å². The molecule has 1 rings (SSSR count). The largest absolute Gasteiger partial charge is 0.459 e. The lowest BCUT2D eigenvalue weighted by molar-refractivity contribution is -0.142. The molecule has 0 N–H and O–H groups in total. The Kier molecular flexibility index (Phi) is 3.89. The third-order valence-electron chi connectivity index (χ3n) is 1.49. The zero-order valence-corrected chi connectivity index (χ0v) is 8.69. The molecule has 3 nitrogen and oxygen atoms in total. The Bertz CT molecular complexity index is 283. The van der Waals surface area contributed by atoms with Gasteiger partial charge in [-0.1, -0.05) is 6.92 Å². The molecule has 72 valence electrons. The van der Waals surface area contributed by atoms with Gasteiger partial charge in [-0.05, 0) is 12.8 Å². The molecule has 0 saturated heterocycles. The van der Waals surface area contributed by atoms with Crippen LogP contribution in [0.3, 0.4) is 0 Å². The van der Waals surface area contributed by atoms with Crippen molar-refractivity contribution in [3.05, 3.63) is 16.1 Å². The third kappa shape index (κ3) is 3.55. The van der Waals surface area contributed by atoms with Crippen molar-refractivity contribution < 1.29 is 9.53 Å². The smallest absolute Gasteiger partial charge is 0.303 e. The summed E-state index contributed by atoms with van der Waals surface area (Å²) in [5, 5.41) is 3.05. The standard InChI is InChI=1S/C9H13NO2S/c1-3-4-9-10-8(6-13-9)5-12-7(2)11/h6H,3-5H2,1-2H3. The van der Waals surface area contributed by atoms with Crippen LogP contribution >= 0.6 is 11.3 Å². The number of hydrogen-bond donors (Lipinski definition) is 0. The highest BCUT2D eigenvalue weighted by molar-refractivity contribution is 7.09. The van der Waals surface area contributed by atoms with Crippen LogP contribution in [0.5, 0.6) is 0 Å². The summed E-state index contributed by atoms with van der Waals surface area (Å²) in [6, 6.07) is 0. The monoisotopic (exact) mass is 199 g/mol. The summed E-state index contributed by atoms with van der Waals surface area (Å²) in [4.78, 5) is 14.8. The van der Waals surface area contributed by atoms with Gasteiger partial charge >= 0.3 is 5.97 Å². The SMILES string of the molecule is CCCc1nc(COC(C)=O)cs1. The van der Waals surface area contributed by atoms with E-state index in [4.69, 9.17) is 4.74 Å². The Balaban J connectivity index is 2.44. The number of ether oxygens (including phenoxy) is 1. The fourth-order valence-electron chi connectivity index (χ4n) is 0.919. The van der Waals surface area contributed by atoms with Gasteiger partial charge in [-0.2, -0.15) is 0 Å². The number of rotatable bonds is 4. The summed E-state index contributed by atoms with van der Waals surface area (Å²) in [7, 11) is 0. The van der Waals surface area contributed by atoms with Gasteiger partial charge in [0.2, 0.25) is 0 Å². The zero-order chi connectivity index (χ0) is 9.68. The van der Waals surface area contributed by atoms with E-state index in [-0.39, 0.29) is 5.97 Å². The molecule has 0 aliphatic rings. The summed E-state index contributed by atoms with van der Waals surface area (Å²) in [6.45, 7) is 3.82. The van der Waals surface area contributed by atoms with Crippen molar-refractivity contribution in [3.63, 3.8) is 0 Å². The number of thiazole rings is 1. The van der Waals surface area contributed by atoms with E-state index in [2.05, 4.69) is 11.9 Å². The highest BCUT2D eigenvalue weighted by atomic mass is 32.1. The molecule has 0 radical (unpaired) electrons. The number of hydrogen-bond acceptors (Lipinski definition) is 4. The Labute approximate surface area is 81.8 Å². The maximum absolute atomic E-state index is 10.5. The van der Waals surface area contributed by atoms with Crippen molar-refractivity contribution in [3.8, 4) is 0 Å². The number of carbonyl (C=O) groups is 1. The maximum Gasteiger partial charge on any atom is 0.303 e. The highest BCUT2D eigenvalue weighted by Crippen LogP contribution is 2.12. The van der Waals surface area contributed by atoms with Gasteiger partial charge < -0.3 is 4.74 Å². The molecule has 0 amide bonds. The Morgan fingerprint density at radius 2 is 2.46 bits per heavy atom. The van der Waals surface area contributed by atoms with Crippen LogP contribution in [-0.2, 0) is 22.6 Å². The number of aryl methyl sites for hydroxylation is 1. The number of esters is 1. The molecule has 1 heterocycles. The van der Waals surface area contributed by atoms with Crippen LogP contribution in [-0.4, -0.2) is 11.0 Å². The van der Waals surface area contributed by atoms with Gasteiger partial charge in [0.1, 0.15) is 6.61 Å². The average Bonchev–Trinajstić information content (AvgIpc) is 2.50. The maximum atomic E-state index is 10.5. The summed E-state index contributed by atoms with van der Waals surface area (Å²) in [6.07, 6.45) is 2.10. The second kappa shape index (κ2) is 4.97. The van der Waals surface area contributed by atoms with E-state index in [0.29, 0.717) is 6.61 Å². The van der Waals surface area contributed by atoms with E-state index >= 15 is 0 Å². The molecule has 0 bridgehead atoms. The van der Waals surface area contributed by atoms with Gasteiger partial charge in [0.25, 0.3) is 0 Å². The lowest BCUT2D eigenvalue weighted by atomic mass is 10.3. The number of aromatic nitrogens is 1. The average molecular weight is 199 g/mol. The van der Waals surface area contributed by atoms with Gasteiger partial charge in [0.05, 0.1) is 10.7 Å². The molecule has 1 aromatic rings. The van der Waals surface area contributed by atoms with Crippen LogP contribution in [0.1, 0.15) is 31.0 Å². The van der Waals surface area contributed by atoms with Crippen LogP contribution in [0.15, 0.2) is 5.38 Å². The van der Waals surface area contributed by atoms with Crippen LogP contribution in [0, 0.1) is 0 Å². The lowest BCUT2D eigenvalue weighted by Crippen LogP contribution is -1.99. The second-order valence-electron chi connectivity index (χ2n) is 2.76. The quantitative estimate of drug-likeness (QED) is 0.697. The van der Waals surface area contributed by atoms with Gasteiger partial charge in [-0.15, -0.1) is 11.3 Å². The van der Waals surface area contributed by atoms with E-state index in [0.717, 1.165) is 23.5 Å². The molecule has 0 aromatic carbocycles. The first-order valence-corrected chi connectivity index (χ1v) is 5.17. The lowest BCUT2D eigenvalue weighted by Gasteiger charge is -1.96. The van der Waals surface area contributed by atoms with Crippen molar-refractivity contribution in [2.45, 2.75) is 33.3 Å². The van der Waals surface area contributed by atoms with Crippen molar-refractivity contribution in [1.29, 1.82) is 0 Å². The fraction of sp³-hybridized carbons (Fsp3) is 0.556. The molecule has 1 aromatic heterocycles. The summed E-state index contributed by atoms with van der Waals surface area (Å²) >= 11 is 1.62. The Hall–Kier alpha value is -0.900. The molecule has 0 spiro atoms. The first kappa shape index (κ1) is 10.2. The predicted octanol–water partition coefficient (Wildman–Crippen LogP) is 2.16. The molecule has 0 unspecified atom stereocenters. The first-order chi connectivity index (χ1) is 6.22. The number of carbonyl (C=O) groups excluding carboxylic acids is 1. The third-order valence-corrected chi connectivity index (χ3v) is 2.44. The van der Waals surface area contributed by atoms with Crippen molar-refractivity contribution >= 4 is 17.3 Å². The molecule has 0 aliphatic carbocycles. The minimum Gasteiger partial charge on any atom is -0.459 e. The van der Waals surface area contributed by atoms with Crippen LogP contribution < -0.4 is 0 Å². The van der Waals surface area contributed by atoms with E-state index in [9.17, 15) is 4.79 Å². The van der Waals surface area contributed by atoms with Crippen molar-refractivity contribution in [1.82, 2.24) is 4.98 Å². The van der Waals surface area contributed by atoms with E-state index < -0.39 is 0 Å². The molecule has 0 aliphatic heterocycles. The van der Waals surface area contributed by atoms with Crippen LogP contribution in [0.25, 0.3) is 0 Å². The van der Waals surface area contributed by atoms with E-state index in [1.807, 2.05) is 5.38 Å². The highest BCUT2D eigenvalue weighted by Gasteiger charge is 2.02. The van der Waals surface area contributed by atoms with Crippen LogP contribution in [0.2, 0.25) is 0 Å². The van der Waals surface area contributed by atoms with Gasteiger partial charge in [-0.3, -0.25) is 4.79 Å². The zero-order valence-electron chi connectivity index (χ0n) is 7.87. The molecule has 13 heavy (non-hydrogen) atoms. The minimum absolute atomic E-state index is 0.259. The number of nitrogens with zero attached hydrogens (tertiary/aromatic N) is 1. The first-order valence-electron chi connectivity index (χ1n) is 4.29. The molecule has 4 heteroatoms. The summed E-state index contributed by atoms with van der Waals surface area (Å²) < 4.78 is 4.82. The molecular weight excluding hydrogens is 186 g/mol. The fourth-order valence-corrected chi connectivity index (χ4v) is 1.80. The molecule has 0 fully saturated rings. The van der Waals surface area contributed by atoms with Crippen molar-refractivity contribution in [2.75, 3.05) is 0 Å². The van der Waals surface area contributed by atoms with Gasteiger partial charge in [0, 0.05) is 12.3 Å². The van der Waals surface area contributed by atoms with Crippen molar-refractivity contribution in [2.24, 2.45) is 0 Å². The van der Waals surface area contributed by atoms with Gasteiger partial charge in [0.15, 0.2) is 0 Å². The topological polar surface area (TPSA) is 39.2 Å². The Morgan fingerprint density at radius 1 is 1.69 bits per heavy atom. The van der Waals surface area contributed by atoms with E-state index in [1.165, 1.54) is 6.92 Å². The minimum atomic E-state index is -0.259. The summed E-state index contributed by atoms with van der Waals surface area (Å²) in [5.41, 5.74) is 0.851. The second-order valence-corrected chi connectivity index (χ2v) is 3.71. The normalized spacial score (nSPS) is 10.0. The molecule has 0 saturated carbocycles. The van der Waals surface area contributed by atoms with E-state index in [1.54, 1.807) is 11.3 Å². The predicted molar refractivity (Wildman–Crippen MR) is 51.6 cm³/mol.